The van der Waals surface area contributed by atoms with Crippen LogP contribution in [-0.2, 0) is 19.3 Å². The lowest BCUT2D eigenvalue weighted by Crippen LogP contribution is -2.65. The average Bonchev–Trinajstić information content (AvgIpc) is 2.63. The summed E-state index contributed by atoms with van der Waals surface area (Å²) < 4.78 is 5.72. The molecule has 1 N–H and O–H groups in total. The molecule has 4 aliphatic rings. The van der Waals surface area contributed by atoms with Gasteiger partial charge in [-0.3, -0.25) is 0 Å². The van der Waals surface area contributed by atoms with Crippen LogP contribution in [0.15, 0.2) is 0 Å². The first-order valence-corrected chi connectivity index (χ1v) is 7.61. The monoisotopic (exact) mass is 284 g/mol. The lowest BCUT2D eigenvalue weighted by atomic mass is 9.59. The van der Waals surface area contributed by atoms with E-state index >= 15 is 0 Å². The van der Waals surface area contributed by atoms with Crippen molar-refractivity contribution in [3.05, 3.63) is 0 Å². The largest absolute Gasteiger partial charge is 0.365 e. The molecule has 5 nitrogen and oxygen atoms in total. The maximum atomic E-state index is 11.3. The number of aldehydes is 1. The highest BCUT2D eigenvalue weighted by molar-refractivity contribution is 5.54. The summed E-state index contributed by atoms with van der Waals surface area (Å²) in [6.07, 6.45) is 3.38. The zero-order chi connectivity index (χ0) is 14.5. The van der Waals surface area contributed by atoms with Crippen LogP contribution in [0.25, 0.3) is 0 Å². The van der Waals surface area contributed by atoms with Crippen LogP contribution in [0, 0.1) is 23.7 Å². The van der Waals surface area contributed by atoms with E-state index in [1.807, 2.05) is 6.92 Å². The molecule has 1 saturated carbocycles. The van der Waals surface area contributed by atoms with Crippen LogP contribution in [0.2, 0.25) is 0 Å². The van der Waals surface area contributed by atoms with E-state index in [0.29, 0.717) is 12.3 Å². The van der Waals surface area contributed by atoms with Gasteiger partial charge in [0, 0.05) is 18.3 Å². The van der Waals surface area contributed by atoms with Gasteiger partial charge in [-0.1, -0.05) is 13.8 Å². The highest BCUT2D eigenvalue weighted by Gasteiger charge is 2.65. The van der Waals surface area contributed by atoms with Crippen LogP contribution in [0.4, 0.5) is 0 Å². The Morgan fingerprint density at radius 2 is 2.05 bits per heavy atom. The highest BCUT2D eigenvalue weighted by atomic mass is 17.3. The van der Waals surface area contributed by atoms with Gasteiger partial charge in [0.05, 0.1) is 0 Å². The summed E-state index contributed by atoms with van der Waals surface area (Å²) >= 11 is 0. The molecule has 4 fully saturated rings. The summed E-state index contributed by atoms with van der Waals surface area (Å²) in [7, 11) is 0. The number of hydrogen-bond acceptors (Lipinski definition) is 5. The van der Waals surface area contributed by atoms with Crippen molar-refractivity contribution in [2.24, 2.45) is 23.7 Å². The lowest BCUT2D eigenvalue weighted by Gasteiger charge is -2.54. The topological polar surface area (TPSA) is 65.0 Å². The Labute approximate surface area is 119 Å². The van der Waals surface area contributed by atoms with Crippen LogP contribution in [0.3, 0.4) is 0 Å². The SMILES string of the molecule is C[C@@H]1CCC([C@@H](C)C=O)[C@]23OO[C@@](C)(CCC12)O[C@H]3O. The molecule has 2 unspecified atom stereocenters. The van der Waals surface area contributed by atoms with Crippen molar-refractivity contribution < 1.29 is 24.4 Å². The molecule has 2 bridgehead atoms. The molecule has 3 aliphatic heterocycles. The molecule has 114 valence electrons. The van der Waals surface area contributed by atoms with Gasteiger partial charge in [-0.25, -0.2) is 9.78 Å². The summed E-state index contributed by atoms with van der Waals surface area (Å²) in [5.74, 6) is -0.556. The molecular weight excluding hydrogens is 260 g/mol. The smallest absolute Gasteiger partial charge is 0.201 e. The molecule has 3 saturated heterocycles. The van der Waals surface area contributed by atoms with Crippen LogP contribution in [0.1, 0.15) is 46.5 Å². The number of aliphatic hydroxyl groups excluding tert-OH is 1. The van der Waals surface area contributed by atoms with E-state index in [0.717, 1.165) is 25.5 Å². The molecule has 4 rings (SSSR count). The number of fused-ring (bicyclic) bond motifs is 3. The third-order valence-electron chi connectivity index (χ3n) is 5.65. The van der Waals surface area contributed by atoms with Crippen molar-refractivity contribution in [2.75, 3.05) is 0 Å². The normalized spacial score (nSPS) is 53.0. The van der Waals surface area contributed by atoms with Crippen molar-refractivity contribution in [3.8, 4) is 0 Å². The third-order valence-corrected chi connectivity index (χ3v) is 5.65. The Hall–Kier alpha value is -0.490. The number of carbonyl (C=O) groups is 1. The molecule has 0 radical (unpaired) electrons. The van der Waals surface area contributed by atoms with E-state index in [1.165, 1.54) is 0 Å². The minimum absolute atomic E-state index is 0.0705. The maximum absolute atomic E-state index is 11.3. The fourth-order valence-electron chi connectivity index (χ4n) is 4.43. The molecule has 0 aromatic carbocycles. The minimum Gasteiger partial charge on any atom is -0.365 e. The standard InChI is InChI=1S/C15H24O5/c1-9-4-5-11(10(2)8-16)15-12(9)6-7-14(3,19-20-15)18-13(15)17/h8-13,17H,4-7H2,1-3H3/t9-,10+,11?,12?,13-,14+,15+/m1/s1. The van der Waals surface area contributed by atoms with Gasteiger partial charge < -0.3 is 14.6 Å². The third kappa shape index (κ3) is 1.87. The Kier molecular flexibility index (Phi) is 3.44. The van der Waals surface area contributed by atoms with E-state index < -0.39 is 17.7 Å². The van der Waals surface area contributed by atoms with Gasteiger partial charge in [-0.15, -0.1) is 0 Å². The number of rotatable bonds is 2. The fourth-order valence-corrected chi connectivity index (χ4v) is 4.43. The Balaban J connectivity index is 2.04. The van der Waals surface area contributed by atoms with Gasteiger partial charge in [0.2, 0.25) is 5.79 Å². The molecule has 7 atom stereocenters. The Morgan fingerprint density at radius 3 is 2.70 bits per heavy atom. The summed E-state index contributed by atoms with van der Waals surface area (Å²) in [6, 6.07) is 0. The highest BCUT2D eigenvalue weighted by Crippen LogP contribution is 2.56. The lowest BCUT2D eigenvalue weighted by molar-refractivity contribution is -0.555. The number of carbonyl (C=O) groups excluding carboxylic acids is 1. The molecule has 1 spiro atoms. The first-order valence-electron chi connectivity index (χ1n) is 7.61. The first kappa shape index (κ1) is 14.4. The minimum atomic E-state index is -1.04. The molecule has 0 amide bonds. The van der Waals surface area contributed by atoms with E-state index in [-0.39, 0.29) is 17.8 Å². The molecular formula is C15H24O5. The fraction of sp³-hybridized carbons (Fsp3) is 0.933. The second-order valence-electron chi connectivity index (χ2n) is 6.93. The van der Waals surface area contributed by atoms with E-state index in [4.69, 9.17) is 14.5 Å². The zero-order valence-electron chi connectivity index (χ0n) is 12.4. The molecule has 1 aliphatic carbocycles. The van der Waals surface area contributed by atoms with Gasteiger partial charge >= 0.3 is 0 Å². The Morgan fingerprint density at radius 1 is 1.30 bits per heavy atom. The molecule has 0 aromatic rings. The summed E-state index contributed by atoms with van der Waals surface area (Å²) in [4.78, 5) is 22.5. The van der Waals surface area contributed by atoms with Crippen LogP contribution < -0.4 is 0 Å². The average molecular weight is 284 g/mol. The van der Waals surface area contributed by atoms with E-state index in [1.54, 1.807) is 6.92 Å². The van der Waals surface area contributed by atoms with Gasteiger partial charge in [0.15, 0.2) is 11.9 Å². The predicted molar refractivity (Wildman–Crippen MR) is 70.2 cm³/mol. The summed E-state index contributed by atoms with van der Waals surface area (Å²) in [5, 5.41) is 10.6. The zero-order valence-corrected chi connectivity index (χ0v) is 12.4. The van der Waals surface area contributed by atoms with Crippen molar-refractivity contribution in [1.82, 2.24) is 0 Å². The van der Waals surface area contributed by atoms with Crippen molar-refractivity contribution >= 4 is 6.29 Å². The predicted octanol–water partition coefficient (Wildman–Crippen LogP) is 2.03. The molecule has 5 heteroatoms. The maximum Gasteiger partial charge on any atom is 0.201 e. The molecule has 3 heterocycles. The summed E-state index contributed by atoms with van der Waals surface area (Å²) in [5.41, 5.74) is -0.909. The second-order valence-corrected chi connectivity index (χ2v) is 6.93. The number of hydrogen-bond donors (Lipinski definition) is 1. The Bertz CT molecular complexity index is 400. The van der Waals surface area contributed by atoms with Gasteiger partial charge in [-0.05, 0) is 38.0 Å². The van der Waals surface area contributed by atoms with Crippen molar-refractivity contribution in [3.63, 3.8) is 0 Å². The van der Waals surface area contributed by atoms with Crippen LogP contribution in [0.5, 0.6) is 0 Å². The van der Waals surface area contributed by atoms with Gasteiger partial charge in [-0.2, -0.15) is 0 Å². The number of aliphatic hydroxyl groups is 1. The number of ether oxygens (including phenoxy) is 1. The molecule has 0 aromatic heterocycles. The van der Waals surface area contributed by atoms with Crippen LogP contribution >= 0.6 is 0 Å². The molecule has 20 heavy (non-hydrogen) atoms. The van der Waals surface area contributed by atoms with Crippen LogP contribution in [-0.4, -0.2) is 29.1 Å². The first-order chi connectivity index (χ1) is 9.43. The van der Waals surface area contributed by atoms with E-state index in [2.05, 4.69) is 6.92 Å². The second kappa shape index (κ2) is 4.77. The quantitative estimate of drug-likeness (QED) is 0.621. The summed E-state index contributed by atoms with van der Waals surface area (Å²) in [6.45, 7) is 5.86. The van der Waals surface area contributed by atoms with Gasteiger partial charge in [0.1, 0.15) is 6.29 Å². The van der Waals surface area contributed by atoms with Crippen molar-refractivity contribution in [2.45, 2.75) is 64.1 Å². The van der Waals surface area contributed by atoms with Crippen molar-refractivity contribution in [1.29, 1.82) is 0 Å². The van der Waals surface area contributed by atoms with E-state index in [9.17, 15) is 9.90 Å². The van der Waals surface area contributed by atoms with Gasteiger partial charge in [0.25, 0.3) is 0 Å².